The van der Waals surface area contributed by atoms with E-state index >= 15 is 0 Å². The van der Waals surface area contributed by atoms with Gasteiger partial charge in [-0.25, -0.2) is 0 Å². The Morgan fingerprint density at radius 1 is 1.06 bits per heavy atom. The van der Waals surface area contributed by atoms with Gasteiger partial charge in [0, 0.05) is 23.2 Å². The number of rotatable bonds is 5. The highest BCUT2D eigenvalue weighted by atomic mass is 19.4. The zero-order chi connectivity index (χ0) is 24.5. The van der Waals surface area contributed by atoms with E-state index in [4.69, 9.17) is 4.42 Å². The first-order valence-electron chi connectivity index (χ1n) is 11.2. The van der Waals surface area contributed by atoms with Gasteiger partial charge >= 0.3 is 6.18 Å². The second-order valence-electron chi connectivity index (χ2n) is 8.69. The average Bonchev–Trinajstić information content (AvgIpc) is 3.15. The molecule has 0 radical (unpaired) electrons. The van der Waals surface area contributed by atoms with Crippen LogP contribution in [0.3, 0.4) is 0 Å². The number of fused-ring (bicyclic) bond motifs is 1. The number of anilines is 2. The Kier molecular flexibility index (Phi) is 6.50. The fourth-order valence-corrected chi connectivity index (χ4v) is 4.03. The monoisotopic (exact) mass is 469 g/mol. The van der Waals surface area contributed by atoms with Crippen LogP contribution >= 0.6 is 0 Å². The standard InChI is InChI=1S/C26H26F3N3O2/c1-15(2)17-10-12-19(13-11-17)30-25(33)24-16(3)23-21(8-5-9-22(23)34-24)32-31-20-7-4-6-18(14-20)26(27,28)29/h4,6-7,10-15,31H,5,8-9H2,1-3H3,(H,30,33)/b32-21+. The van der Waals surface area contributed by atoms with Crippen molar-refractivity contribution in [1.29, 1.82) is 0 Å². The molecule has 0 bridgehead atoms. The molecule has 178 valence electrons. The zero-order valence-electron chi connectivity index (χ0n) is 19.2. The highest BCUT2D eigenvalue weighted by molar-refractivity contribution is 6.09. The SMILES string of the molecule is Cc1c(C(=O)Nc2ccc(C(C)C)cc2)oc2c1/C(=N/Nc1cccc(C(F)(F)F)c1)CCC2. The van der Waals surface area contributed by atoms with Crippen LogP contribution in [0.2, 0.25) is 0 Å². The van der Waals surface area contributed by atoms with Gasteiger partial charge in [-0.1, -0.05) is 32.0 Å². The second-order valence-corrected chi connectivity index (χ2v) is 8.69. The summed E-state index contributed by atoms with van der Waals surface area (Å²) in [7, 11) is 0. The number of alkyl halides is 3. The summed E-state index contributed by atoms with van der Waals surface area (Å²) < 4.78 is 44.9. The van der Waals surface area contributed by atoms with Crippen molar-refractivity contribution in [2.24, 2.45) is 5.10 Å². The minimum absolute atomic E-state index is 0.214. The van der Waals surface area contributed by atoms with Gasteiger partial charge in [0.05, 0.1) is 17.0 Å². The lowest BCUT2D eigenvalue weighted by molar-refractivity contribution is -0.137. The number of carbonyl (C=O) groups excluding carboxylic acids is 1. The molecule has 2 N–H and O–H groups in total. The summed E-state index contributed by atoms with van der Waals surface area (Å²) in [5.41, 5.74) is 6.12. The van der Waals surface area contributed by atoms with E-state index in [1.54, 1.807) is 6.92 Å². The van der Waals surface area contributed by atoms with Gasteiger partial charge in [0.1, 0.15) is 5.76 Å². The minimum atomic E-state index is -4.43. The average molecular weight is 470 g/mol. The third kappa shape index (κ3) is 5.00. The second kappa shape index (κ2) is 9.37. The molecule has 0 saturated heterocycles. The molecule has 0 aliphatic heterocycles. The van der Waals surface area contributed by atoms with Gasteiger partial charge in [-0.15, -0.1) is 0 Å². The lowest BCUT2D eigenvalue weighted by Crippen LogP contribution is -2.14. The normalized spacial score (nSPS) is 14.9. The van der Waals surface area contributed by atoms with Gasteiger partial charge in [0.2, 0.25) is 0 Å². The van der Waals surface area contributed by atoms with Crippen molar-refractivity contribution in [2.45, 2.75) is 52.1 Å². The van der Waals surface area contributed by atoms with Gasteiger partial charge in [-0.2, -0.15) is 18.3 Å². The van der Waals surface area contributed by atoms with Crippen LogP contribution in [0.5, 0.6) is 0 Å². The Labute approximate surface area is 196 Å². The van der Waals surface area contributed by atoms with E-state index in [9.17, 15) is 18.0 Å². The molecule has 0 atom stereocenters. The molecular weight excluding hydrogens is 443 g/mol. The number of hydrogen-bond acceptors (Lipinski definition) is 4. The zero-order valence-corrected chi connectivity index (χ0v) is 19.2. The van der Waals surface area contributed by atoms with Crippen LogP contribution in [0.15, 0.2) is 58.0 Å². The summed E-state index contributed by atoms with van der Waals surface area (Å²) in [6.45, 7) is 6.00. The molecule has 1 aromatic heterocycles. The molecule has 3 aromatic rings. The van der Waals surface area contributed by atoms with E-state index in [-0.39, 0.29) is 17.4 Å². The number of hydrogen-bond donors (Lipinski definition) is 2. The van der Waals surface area contributed by atoms with E-state index in [1.165, 1.54) is 17.7 Å². The molecule has 4 rings (SSSR count). The highest BCUT2D eigenvalue weighted by Gasteiger charge is 2.31. The Hall–Kier alpha value is -3.55. The van der Waals surface area contributed by atoms with Crippen molar-refractivity contribution in [3.05, 3.63) is 82.3 Å². The number of nitrogens with zero attached hydrogens (tertiary/aromatic N) is 1. The Morgan fingerprint density at radius 2 is 1.79 bits per heavy atom. The van der Waals surface area contributed by atoms with Gasteiger partial charge < -0.3 is 9.73 Å². The van der Waals surface area contributed by atoms with Crippen LogP contribution in [0, 0.1) is 6.92 Å². The van der Waals surface area contributed by atoms with Gasteiger partial charge in [0.25, 0.3) is 5.91 Å². The van der Waals surface area contributed by atoms with Gasteiger partial charge in [0.15, 0.2) is 5.76 Å². The maximum Gasteiger partial charge on any atom is 0.416 e. The largest absolute Gasteiger partial charge is 0.455 e. The van der Waals surface area contributed by atoms with Crippen molar-refractivity contribution in [1.82, 2.24) is 0 Å². The lowest BCUT2D eigenvalue weighted by Gasteiger charge is -2.14. The van der Waals surface area contributed by atoms with Gasteiger partial charge in [-0.05, 0) is 61.6 Å². The number of benzene rings is 2. The molecule has 0 unspecified atom stereocenters. The maximum atomic E-state index is 13.0. The maximum absolute atomic E-state index is 13.0. The number of halogens is 3. The van der Waals surface area contributed by atoms with Crippen LogP contribution in [0.1, 0.15) is 71.2 Å². The predicted molar refractivity (Wildman–Crippen MR) is 126 cm³/mol. The van der Waals surface area contributed by atoms with E-state index in [0.29, 0.717) is 41.5 Å². The molecular formula is C26H26F3N3O2. The first-order valence-corrected chi connectivity index (χ1v) is 11.2. The molecule has 1 amide bonds. The molecule has 1 heterocycles. The number of furan rings is 1. The molecule has 8 heteroatoms. The summed E-state index contributed by atoms with van der Waals surface area (Å²) >= 11 is 0. The Bertz CT molecular complexity index is 1230. The van der Waals surface area contributed by atoms with E-state index in [0.717, 1.165) is 24.1 Å². The van der Waals surface area contributed by atoms with Crippen molar-refractivity contribution in [3.63, 3.8) is 0 Å². The molecule has 5 nitrogen and oxygen atoms in total. The van der Waals surface area contributed by atoms with Gasteiger partial charge in [-0.3, -0.25) is 10.2 Å². The van der Waals surface area contributed by atoms with Crippen LogP contribution in [0.4, 0.5) is 24.5 Å². The van der Waals surface area contributed by atoms with Crippen LogP contribution in [-0.4, -0.2) is 11.6 Å². The molecule has 0 fully saturated rings. The van der Waals surface area contributed by atoms with Crippen LogP contribution in [0.25, 0.3) is 0 Å². The lowest BCUT2D eigenvalue weighted by atomic mass is 9.93. The Morgan fingerprint density at radius 3 is 2.47 bits per heavy atom. The molecule has 2 aromatic carbocycles. The molecule has 34 heavy (non-hydrogen) atoms. The Balaban J connectivity index is 1.55. The smallest absolute Gasteiger partial charge is 0.416 e. The number of carbonyl (C=O) groups is 1. The summed E-state index contributed by atoms with van der Waals surface area (Å²) in [5.74, 6) is 0.917. The fraction of sp³-hybridized carbons (Fsp3) is 0.308. The van der Waals surface area contributed by atoms with Crippen LogP contribution in [-0.2, 0) is 12.6 Å². The summed E-state index contributed by atoms with van der Waals surface area (Å²) in [6.07, 6.45) is -2.38. The summed E-state index contributed by atoms with van der Waals surface area (Å²) in [5, 5.41) is 7.24. The fourth-order valence-electron chi connectivity index (χ4n) is 4.03. The molecule has 0 saturated carbocycles. The van der Waals surface area contributed by atoms with Crippen molar-refractivity contribution >= 4 is 23.0 Å². The third-order valence-electron chi connectivity index (χ3n) is 5.88. The van der Waals surface area contributed by atoms with E-state index < -0.39 is 11.7 Å². The third-order valence-corrected chi connectivity index (χ3v) is 5.88. The number of amides is 1. The first-order chi connectivity index (χ1) is 16.1. The van der Waals surface area contributed by atoms with E-state index in [1.807, 2.05) is 24.3 Å². The van der Waals surface area contributed by atoms with Crippen molar-refractivity contribution in [3.8, 4) is 0 Å². The molecule has 1 aliphatic carbocycles. The molecule has 0 spiro atoms. The van der Waals surface area contributed by atoms with E-state index in [2.05, 4.69) is 29.7 Å². The topological polar surface area (TPSA) is 66.6 Å². The number of nitrogens with one attached hydrogen (secondary N) is 2. The highest BCUT2D eigenvalue weighted by Crippen LogP contribution is 2.32. The first kappa shape index (κ1) is 23.6. The minimum Gasteiger partial charge on any atom is -0.455 e. The summed E-state index contributed by atoms with van der Waals surface area (Å²) in [6, 6.07) is 12.5. The number of aryl methyl sites for hydroxylation is 1. The summed E-state index contributed by atoms with van der Waals surface area (Å²) in [4.78, 5) is 12.9. The quantitative estimate of drug-likeness (QED) is 0.391. The molecule has 1 aliphatic rings. The van der Waals surface area contributed by atoms with Crippen LogP contribution < -0.4 is 10.7 Å². The van der Waals surface area contributed by atoms with Crippen molar-refractivity contribution < 1.29 is 22.4 Å². The number of hydrazone groups is 1. The van der Waals surface area contributed by atoms with Crippen molar-refractivity contribution in [2.75, 3.05) is 10.7 Å². The predicted octanol–water partition coefficient (Wildman–Crippen LogP) is 7.14.